The molecule has 1 rings (SSSR count). The molecule has 0 aliphatic rings. The molecule has 0 saturated carbocycles. The standard InChI is InChI=1S/C12H18N2O4/c1-5-18-11(15)7-6-10-8(2)13-14(9(10)3)12(16)17-4/h5-7H2,1-4H3. The van der Waals surface area contributed by atoms with Crippen molar-refractivity contribution in [3.63, 3.8) is 0 Å². The molecule has 0 saturated heterocycles. The highest BCUT2D eigenvalue weighted by Gasteiger charge is 2.17. The molecule has 0 spiro atoms. The lowest BCUT2D eigenvalue weighted by molar-refractivity contribution is -0.143. The molecule has 0 N–H and O–H groups in total. The van der Waals surface area contributed by atoms with Gasteiger partial charge in [0.05, 0.1) is 25.1 Å². The van der Waals surface area contributed by atoms with Gasteiger partial charge in [0, 0.05) is 6.42 Å². The largest absolute Gasteiger partial charge is 0.466 e. The van der Waals surface area contributed by atoms with Crippen molar-refractivity contribution in [2.75, 3.05) is 13.7 Å². The third-order valence-electron chi connectivity index (χ3n) is 2.67. The fraction of sp³-hybridized carbons (Fsp3) is 0.583. The summed E-state index contributed by atoms with van der Waals surface area (Å²) in [6, 6.07) is 0. The van der Waals surface area contributed by atoms with Gasteiger partial charge in [-0.15, -0.1) is 0 Å². The zero-order valence-electron chi connectivity index (χ0n) is 11.1. The Morgan fingerprint density at radius 1 is 1.33 bits per heavy atom. The number of rotatable bonds is 4. The molecule has 1 aromatic heterocycles. The Hall–Kier alpha value is -1.85. The van der Waals surface area contributed by atoms with Crippen LogP contribution in [0.3, 0.4) is 0 Å². The van der Waals surface area contributed by atoms with Crippen molar-refractivity contribution in [2.24, 2.45) is 0 Å². The first-order valence-electron chi connectivity index (χ1n) is 5.80. The summed E-state index contributed by atoms with van der Waals surface area (Å²) in [5.41, 5.74) is 2.30. The third-order valence-corrected chi connectivity index (χ3v) is 2.67. The smallest absolute Gasteiger partial charge is 0.434 e. The summed E-state index contributed by atoms with van der Waals surface area (Å²) in [7, 11) is 1.30. The summed E-state index contributed by atoms with van der Waals surface area (Å²) in [6.07, 6.45) is 0.258. The van der Waals surface area contributed by atoms with Crippen LogP contribution in [0.15, 0.2) is 0 Å². The number of nitrogens with zero attached hydrogens (tertiary/aromatic N) is 2. The molecule has 0 amide bonds. The van der Waals surface area contributed by atoms with Gasteiger partial charge < -0.3 is 9.47 Å². The van der Waals surface area contributed by atoms with E-state index in [1.54, 1.807) is 20.8 Å². The fourth-order valence-electron chi connectivity index (χ4n) is 1.76. The quantitative estimate of drug-likeness (QED) is 0.763. The van der Waals surface area contributed by atoms with Crippen LogP contribution in [0, 0.1) is 13.8 Å². The maximum atomic E-state index is 11.4. The molecule has 1 aromatic rings. The van der Waals surface area contributed by atoms with Crippen LogP contribution in [-0.4, -0.2) is 35.6 Å². The normalized spacial score (nSPS) is 10.2. The zero-order valence-corrected chi connectivity index (χ0v) is 11.1. The predicted octanol–water partition coefficient (Wildman–Crippen LogP) is 1.61. The van der Waals surface area contributed by atoms with E-state index in [0.717, 1.165) is 11.3 Å². The fourth-order valence-corrected chi connectivity index (χ4v) is 1.76. The molecule has 18 heavy (non-hydrogen) atoms. The molecule has 0 aliphatic heterocycles. The molecule has 0 fully saturated rings. The Balaban J connectivity index is 2.81. The van der Waals surface area contributed by atoms with E-state index in [1.807, 2.05) is 0 Å². The van der Waals surface area contributed by atoms with E-state index in [4.69, 9.17) is 4.74 Å². The van der Waals surface area contributed by atoms with Crippen LogP contribution in [0.4, 0.5) is 4.79 Å². The first-order valence-corrected chi connectivity index (χ1v) is 5.80. The number of esters is 1. The summed E-state index contributed by atoms with van der Waals surface area (Å²) in [6.45, 7) is 5.71. The molecular weight excluding hydrogens is 236 g/mol. The number of methoxy groups -OCH3 is 1. The van der Waals surface area contributed by atoms with Gasteiger partial charge in [0.2, 0.25) is 0 Å². The number of aryl methyl sites for hydroxylation is 1. The minimum absolute atomic E-state index is 0.248. The Kier molecular flexibility index (Phi) is 4.88. The topological polar surface area (TPSA) is 70.4 Å². The SMILES string of the molecule is CCOC(=O)CCc1c(C)nn(C(=O)OC)c1C. The van der Waals surface area contributed by atoms with Crippen LogP contribution in [0.5, 0.6) is 0 Å². The van der Waals surface area contributed by atoms with E-state index in [-0.39, 0.29) is 12.4 Å². The average Bonchev–Trinajstić information content (AvgIpc) is 2.62. The van der Waals surface area contributed by atoms with Crippen LogP contribution < -0.4 is 0 Å². The number of hydrogen-bond donors (Lipinski definition) is 0. The maximum absolute atomic E-state index is 11.4. The van der Waals surface area contributed by atoms with Crippen molar-refractivity contribution < 1.29 is 19.1 Å². The second-order valence-corrected chi connectivity index (χ2v) is 3.84. The lowest BCUT2D eigenvalue weighted by Gasteiger charge is -2.03. The van der Waals surface area contributed by atoms with E-state index in [2.05, 4.69) is 9.84 Å². The van der Waals surface area contributed by atoms with Crippen LogP contribution in [0.2, 0.25) is 0 Å². The lowest BCUT2D eigenvalue weighted by atomic mass is 10.1. The second kappa shape index (κ2) is 6.18. The lowest BCUT2D eigenvalue weighted by Crippen LogP contribution is -2.15. The predicted molar refractivity (Wildman–Crippen MR) is 64.5 cm³/mol. The van der Waals surface area contributed by atoms with E-state index >= 15 is 0 Å². The molecule has 0 radical (unpaired) electrons. The molecule has 0 aromatic carbocycles. The molecule has 0 aliphatic carbocycles. The van der Waals surface area contributed by atoms with Crippen molar-refractivity contribution in [3.8, 4) is 0 Å². The molecule has 0 bridgehead atoms. The monoisotopic (exact) mass is 254 g/mol. The zero-order chi connectivity index (χ0) is 13.7. The summed E-state index contributed by atoms with van der Waals surface area (Å²) in [5, 5.41) is 4.09. The summed E-state index contributed by atoms with van der Waals surface area (Å²) in [5.74, 6) is -0.248. The maximum Gasteiger partial charge on any atom is 0.434 e. The van der Waals surface area contributed by atoms with Crippen molar-refractivity contribution >= 4 is 12.1 Å². The Labute approximate surface area is 106 Å². The minimum Gasteiger partial charge on any atom is -0.466 e. The number of aromatic nitrogens is 2. The summed E-state index contributed by atoms with van der Waals surface area (Å²) >= 11 is 0. The van der Waals surface area contributed by atoms with Gasteiger partial charge in [-0.2, -0.15) is 9.78 Å². The minimum atomic E-state index is -0.530. The highest BCUT2D eigenvalue weighted by molar-refractivity contribution is 5.71. The van der Waals surface area contributed by atoms with E-state index in [9.17, 15) is 9.59 Å². The molecule has 1 heterocycles. The van der Waals surface area contributed by atoms with Gasteiger partial charge in [0.15, 0.2) is 0 Å². The number of hydrogen-bond acceptors (Lipinski definition) is 5. The van der Waals surface area contributed by atoms with E-state index in [0.29, 0.717) is 18.7 Å². The second-order valence-electron chi connectivity index (χ2n) is 3.84. The van der Waals surface area contributed by atoms with Gasteiger partial charge in [0.25, 0.3) is 0 Å². The van der Waals surface area contributed by atoms with Gasteiger partial charge in [0.1, 0.15) is 0 Å². The molecule has 6 nitrogen and oxygen atoms in total. The highest BCUT2D eigenvalue weighted by Crippen LogP contribution is 2.15. The van der Waals surface area contributed by atoms with E-state index < -0.39 is 6.09 Å². The number of carbonyl (C=O) groups excluding carboxylic acids is 2. The van der Waals surface area contributed by atoms with Crippen LogP contribution >= 0.6 is 0 Å². The Morgan fingerprint density at radius 3 is 2.56 bits per heavy atom. The van der Waals surface area contributed by atoms with Crippen LogP contribution in [0.25, 0.3) is 0 Å². The first kappa shape index (κ1) is 14.2. The van der Waals surface area contributed by atoms with Gasteiger partial charge >= 0.3 is 12.1 Å². The average molecular weight is 254 g/mol. The number of carbonyl (C=O) groups is 2. The van der Waals surface area contributed by atoms with Crippen molar-refractivity contribution in [1.29, 1.82) is 0 Å². The highest BCUT2D eigenvalue weighted by atomic mass is 16.5. The van der Waals surface area contributed by atoms with Crippen molar-refractivity contribution in [2.45, 2.75) is 33.6 Å². The molecule has 100 valence electrons. The van der Waals surface area contributed by atoms with E-state index in [1.165, 1.54) is 11.8 Å². The van der Waals surface area contributed by atoms with Gasteiger partial charge in [-0.1, -0.05) is 0 Å². The molecule has 0 unspecified atom stereocenters. The Bertz CT molecular complexity index is 451. The van der Waals surface area contributed by atoms with Crippen molar-refractivity contribution in [3.05, 3.63) is 17.0 Å². The van der Waals surface area contributed by atoms with Gasteiger partial charge in [-0.25, -0.2) is 4.79 Å². The van der Waals surface area contributed by atoms with Crippen LogP contribution in [0.1, 0.15) is 30.3 Å². The first-order chi connectivity index (χ1) is 8.51. The molecule has 6 heteroatoms. The van der Waals surface area contributed by atoms with Gasteiger partial charge in [-0.3, -0.25) is 4.79 Å². The molecular formula is C12H18N2O4. The third kappa shape index (κ3) is 3.09. The molecule has 0 atom stereocenters. The summed E-state index contributed by atoms with van der Waals surface area (Å²) in [4.78, 5) is 22.7. The Morgan fingerprint density at radius 2 is 2.00 bits per heavy atom. The van der Waals surface area contributed by atoms with Crippen molar-refractivity contribution in [1.82, 2.24) is 9.78 Å². The van der Waals surface area contributed by atoms with Gasteiger partial charge in [-0.05, 0) is 32.8 Å². The number of ether oxygens (including phenoxy) is 2. The summed E-state index contributed by atoms with van der Waals surface area (Å²) < 4.78 is 10.7. The van der Waals surface area contributed by atoms with Crippen LogP contribution in [-0.2, 0) is 20.7 Å².